The molecule has 0 saturated carbocycles. The van der Waals surface area contributed by atoms with Crippen LogP contribution in [0.25, 0.3) is 5.82 Å². The fraction of sp³-hybridized carbons (Fsp3) is 0.429. The first-order chi connectivity index (χ1) is 8.11. The van der Waals surface area contributed by atoms with Gasteiger partial charge in [-0.05, 0) is 43.9 Å². The molecule has 0 fully saturated rings. The summed E-state index contributed by atoms with van der Waals surface area (Å²) < 4.78 is 1.88. The predicted molar refractivity (Wildman–Crippen MR) is 69.5 cm³/mol. The van der Waals surface area contributed by atoms with E-state index < -0.39 is 0 Å². The normalized spacial score (nSPS) is 12.7. The predicted octanol–water partition coefficient (Wildman–Crippen LogP) is 3.40. The second-order valence-corrected chi connectivity index (χ2v) is 4.58. The molecule has 0 N–H and O–H groups in total. The van der Waals surface area contributed by atoms with Crippen molar-refractivity contribution in [3.8, 4) is 5.82 Å². The van der Waals surface area contributed by atoms with Gasteiger partial charge in [-0.1, -0.05) is 19.9 Å². The molecule has 3 nitrogen and oxygen atoms in total. The van der Waals surface area contributed by atoms with Crippen LogP contribution < -0.4 is 0 Å². The van der Waals surface area contributed by atoms with Gasteiger partial charge >= 0.3 is 0 Å². The highest BCUT2D eigenvalue weighted by molar-refractivity contribution is 5.37. The number of nitrogens with zero attached hydrogens (tertiary/aromatic N) is 3. The minimum atomic E-state index is 0.502. The van der Waals surface area contributed by atoms with Gasteiger partial charge in [-0.15, -0.1) is 0 Å². The lowest BCUT2D eigenvalue weighted by atomic mass is 9.99. The second kappa shape index (κ2) is 4.70. The molecule has 0 aliphatic rings. The fourth-order valence-corrected chi connectivity index (χ4v) is 1.87. The van der Waals surface area contributed by atoms with Gasteiger partial charge in [-0.2, -0.15) is 5.10 Å². The largest absolute Gasteiger partial charge is 0.234 e. The van der Waals surface area contributed by atoms with Crippen molar-refractivity contribution in [3.05, 3.63) is 41.3 Å². The molecule has 1 unspecified atom stereocenters. The first-order valence-corrected chi connectivity index (χ1v) is 6.12. The van der Waals surface area contributed by atoms with Gasteiger partial charge < -0.3 is 0 Å². The zero-order valence-electron chi connectivity index (χ0n) is 10.9. The summed E-state index contributed by atoms with van der Waals surface area (Å²) in [6, 6.07) is 6.24. The van der Waals surface area contributed by atoms with E-state index in [-0.39, 0.29) is 0 Å². The van der Waals surface area contributed by atoms with E-state index in [9.17, 15) is 0 Å². The highest BCUT2D eigenvalue weighted by atomic mass is 15.3. The lowest BCUT2D eigenvalue weighted by molar-refractivity contribution is 0.704. The van der Waals surface area contributed by atoms with Crippen molar-refractivity contribution in [3.63, 3.8) is 0 Å². The lowest BCUT2D eigenvalue weighted by Crippen LogP contribution is -2.07. The highest BCUT2D eigenvalue weighted by Gasteiger charge is 2.12. The molecule has 17 heavy (non-hydrogen) atoms. The number of rotatable bonds is 3. The van der Waals surface area contributed by atoms with Crippen molar-refractivity contribution in [1.29, 1.82) is 0 Å². The first kappa shape index (κ1) is 11.8. The minimum absolute atomic E-state index is 0.502. The third-order valence-corrected chi connectivity index (χ3v) is 3.13. The van der Waals surface area contributed by atoms with Crippen LogP contribution in [-0.4, -0.2) is 14.8 Å². The molecule has 2 aromatic heterocycles. The number of aryl methyl sites for hydroxylation is 2. The van der Waals surface area contributed by atoms with Crippen molar-refractivity contribution >= 4 is 0 Å². The van der Waals surface area contributed by atoms with Crippen LogP contribution >= 0.6 is 0 Å². The summed E-state index contributed by atoms with van der Waals surface area (Å²) in [7, 11) is 0. The standard InChI is InChI=1S/C14H19N3/c1-5-10(2)13-7-6-11(3)15-14(13)17-9-8-12(4)16-17/h6-10H,5H2,1-4H3. The summed E-state index contributed by atoms with van der Waals surface area (Å²) in [5.74, 6) is 1.47. The Labute approximate surface area is 103 Å². The molecule has 0 radical (unpaired) electrons. The topological polar surface area (TPSA) is 30.7 Å². The molecular formula is C14H19N3. The van der Waals surface area contributed by atoms with E-state index in [0.29, 0.717) is 5.92 Å². The Bertz CT molecular complexity index is 514. The summed E-state index contributed by atoms with van der Waals surface area (Å²) in [4.78, 5) is 4.63. The van der Waals surface area contributed by atoms with E-state index in [4.69, 9.17) is 0 Å². The lowest BCUT2D eigenvalue weighted by Gasteiger charge is -2.14. The molecule has 0 aromatic carbocycles. The molecule has 90 valence electrons. The van der Waals surface area contributed by atoms with Crippen molar-refractivity contribution in [2.45, 2.75) is 40.0 Å². The van der Waals surface area contributed by atoms with Gasteiger partial charge in [0.1, 0.15) is 0 Å². The van der Waals surface area contributed by atoms with Crippen molar-refractivity contribution in [2.24, 2.45) is 0 Å². The van der Waals surface area contributed by atoms with Crippen molar-refractivity contribution in [1.82, 2.24) is 14.8 Å². The molecular weight excluding hydrogens is 210 g/mol. The molecule has 2 rings (SSSR count). The Morgan fingerprint density at radius 1 is 1.18 bits per heavy atom. The molecule has 2 heterocycles. The van der Waals surface area contributed by atoms with Gasteiger partial charge in [-0.25, -0.2) is 9.67 Å². The van der Waals surface area contributed by atoms with Crippen LogP contribution in [0.4, 0.5) is 0 Å². The molecule has 0 aliphatic carbocycles. The van der Waals surface area contributed by atoms with Crippen LogP contribution in [0.1, 0.15) is 43.1 Å². The molecule has 3 heteroatoms. The molecule has 2 aromatic rings. The average Bonchev–Trinajstić information content (AvgIpc) is 2.75. The first-order valence-electron chi connectivity index (χ1n) is 6.12. The van der Waals surface area contributed by atoms with Crippen LogP contribution in [-0.2, 0) is 0 Å². The van der Waals surface area contributed by atoms with Crippen LogP contribution in [0.15, 0.2) is 24.4 Å². The van der Waals surface area contributed by atoms with Gasteiger partial charge in [0.15, 0.2) is 5.82 Å². The smallest absolute Gasteiger partial charge is 0.157 e. The van der Waals surface area contributed by atoms with Crippen LogP contribution in [0.5, 0.6) is 0 Å². The summed E-state index contributed by atoms with van der Waals surface area (Å²) in [6.07, 6.45) is 3.08. The highest BCUT2D eigenvalue weighted by Crippen LogP contribution is 2.24. The van der Waals surface area contributed by atoms with Gasteiger partial charge in [0.25, 0.3) is 0 Å². The third-order valence-electron chi connectivity index (χ3n) is 3.13. The minimum Gasteiger partial charge on any atom is -0.234 e. The number of pyridine rings is 1. The molecule has 1 atom stereocenters. The second-order valence-electron chi connectivity index (χ2n) is 4.58. The summed E-state index contributed by atoms with van der Waals surface area (Å²) in [5.41, 5.74) is 3.31. The van der Waals surface area contributed by atoms with Crippen molar-refractivity contribution in [2.75, 3.05) is 0 Å². The van der Waals surface area contributed by atoms with E-state index in [1.165, 1.54) is 5.56 Å². The van der Waals surface area contributed by atoms with Crippen LogP contribution in [0.3, 0.4) is 0 Å². The Kier molecular flexibility index (Phi) is 3.27. The van der Waals surface area contributed by atoms with Gasteiger partial charge in [0.05, 0.1) is 5.69 Å². The summed E-state index contributed by atoms with van der Waals surface area (Å²) >= 11 is 0. The molecule has 0 saturated heterocycles. The Balaban J connectivity index is 2.54. The maximum absolute atomic E-state index is 4.63. The molecule has 0 spiro atoms. The zero-order valence-corrected chi connectivity index (χ0v) is 10.9. The number of aromatic nitrogens is 3. The third kappa shape index (κ3) is 2.38. The van der Waals surface area contributed by atoms with Crippen LogP contribution in [0.2, 0.25) is 0 Å². The number of hydrogen-bond acceptors (Lipinski definition) is 2. The SMILES string of the molecule is CCC(C)c1ccc(C)nc1-n1ccc(C)n1. The maximum atomic E-state index is 4.63. The van der Waals surface area contributed by atoms with E-state index in [1.807, 2.05) is 30.8 Å². The quantitative estimate of drug-likeness (QED) is 0.807. The summed E-state index contributed by atoms with van der Waals surface area (Å²) in [5, 5.41) is 4.45. The fourth-order valence-electron chi connectivity index (χ4n) is 1.87. The van der Waals surface area contributed by atoms with E-state index in [0.717, 1.165) is 23.6 Å². The van der Waals surface area contributed by atoms with Gasteiger partial charge in [0, 0.05) is 11.9 Å². The van der Waals surface area contributed by atoms with Gasteiger partial charge in [-0.3, -0.25) is 0 Å². The Morgan fingerprint density at radius 3 is 2.53 bits per heavy atom. The molecule has 0 aliphatic heterocycles. The Hall–Kier alpha value is -1.64. The van der Waals surface area contributed by atoms with E-state index >= 15 is 0 Å². The zero-order chi connectivity index (χ0) is 12.4. The average molecular weight is 229 g/mol. The van der Waals surface area contributed by atoms with Gasteiger partial charge in [0.2, 0.25) is 0 Å². The monoisotopic (exact) mass is 229 g/mol. The number of hydrogen-bond donors (Lipinski definition) is 0. The molecule has 0 bridgehead atoms. The van der Waals surface area contributed by atoms with E-state index in [1.54, 1.807) is 0 Å². The van der Waals surface area contributed by atoms with Crippen LogP contribution in [0, 0.1) is 13.8 Å². The van der Waals surface area contributed by atoms with E-state index in [2.05, 4.69) is 36.1 Å². The molecule has 0 amide bonds. The summed E-state index contributed by atoms with van der Waals surface area (Å²) in [6.45, 7) is 8.43. The maximum Gasteiger partial charge on any atom is 0.157 e. The van der Waals surface area contributed by atoms with Crippen molar-refractivity contribution < 1.29 is 0 Å². The Morgan fingerprint density at radius 2 is 1.94 bits per heavy atom.